The normalized spacial score (nSPS) is 37.0. The number of hydrogen-bond acceptors (Lipinski definition) is 1. The van der Waals surface area contributed by atoms with E-state index in [0.29, 0.717) is 10.8 Å². The zero-order chi connectivity index (χ0) is 10.9. The first-order valence-electron chi connectivity index (χ1n) is 5.94. The highest BCUT2D eigenvalue weighted by molar-refractivity contribution is 6.83. The Labute approximate surface area is 92.6 Å². The second-order valence-corrected chi connectivity index (χ2v) is 11.3. The number of carbonyl (C=O) groups is 1. The maximum Gasteiger partial charge on any atom is 0.139 e. The van der Waals surface area contributed by atoms with Crippen molar-refractivity contribution in [2.75, 3.05) is 0 Å². The van der Waals surface area contributed by atoms with Crippen molar-refractivity contribution < 1.29 is 4.79 Å². The minimum absolute atomic E-state index is 0.194. The van der Waals surface area contributed by atoms with Gasteiger partial charge in [0.05, 0.1) is 5.41 Å². The monoisotopic (exact) mass is 218 g/mol. The zero-order valence-electron chi connectivity index (χ0n) is 9.81. The first kappa shape index (κ1) is 9.66. The van der Waals surface area contributed by atoms with Crippen LogP contribution >= 0.6 is 0 Å². The number of rotatable bonds is 1. The Bertz CT molecular complexity index is 378. The van der Waals surface area contributed by atoms with E-state index in [-0.39, 0.29) is 5.41 Å². The molecule has 80 valence electrons. The highest BCUT2D eigenvalue weighted by Crippen LogP contribution is 2.97. The summed E-state index contributed by atoms with van der Waals surface area (Å²) in [4.78, 5) is 11.4. The minimum atomic E-state index is -1.33. The molecule has 2 heteroatoms. The van der Waals surface area contributed by atoms with E-state index in [1.54, 1.807) is 0 Å². The molecular weight excluding hydrogens is 200 g/mol. The van der Waals surface area contributed by atoms with Crippen LogP contribution in [-0.2, 0) is 4.79 Å². The highest BCUT2D eigenvalue weighted by atomic mass is 28.3. The van der Waals surface area contributed by atoms with Crippen LogP contribution in [0.15, 0.2) is 0 Å². The summed E-state index contributed by atoms with van der Waals surface area (Å²) in [5.74, 6) is 3.41. The zero-order valence-corrected chi connectivity index (χ0v) is 10.8. The maximum absolute atomic E-state index is 11.4. The van der Waals surface area contributed by atoms with Gasteiger partial charge < -0.3 is 4.79 Å². The van der Waals surface area contributed by atoms with Gasteiger partial charge in [-0.05, 0) is 25.7 Å². The van der Waals surface area contributed by atoms with Gasteiger partial charge in [0.15, 0.2) is 0 Å². The Morgan fingerprint density at radius 3 is 1.80 bits per heavy atom. The largest absolute Gasteiger partial charge is 0.302 e. The predicted molar refractivity (Wildman–Crippen MR) is 63.0 cm³/mol. The Hall–Kier alpha value is -0.553. The van der Waals surface area contributed by atoms with E-state index in [1.165, 1.54) is 32.0 Å². The molecule has 1 nitrogen and oxygen atoms in total. The van der Waals surface area contributed by atoms with Crippen LogP contribution in [0.5, 0.6) is 0 Å². The lowest BCUT2D eigenvalue weighted by molar-refractivity contribution is -0.111. The van der Waals surface area contributed by atoms with Gasteiger partial charge in [-0.3, -0.25) is 0 Å². The third kappa shape index (κ3) is 0.892. The predicted octanol–water partition coefficient (Wildman–Crippen LogP) is 2.63. The third-order valence-corrected chi connectivity index (χ3v) is 5.55. The van der Waals surface area contributed by atoms with Gasteiger partial charge in [0, 0.05) is 10.8 Å². The Kier molecular flexibility index (Phi) is 1.45. The van der Waals surface area contributed by atoms with Crippen molar-refractivity contribution in [2.24, 2.45) is 16.2 Å². The smallest absolute Gasteiger partial charge is 0.139 e. The highest BCUT2D eigenvalue weighted by Gasteiger charge is 2.95. The molecule has 15 heavy (non-hydrogen) atoms. The molecule has 0 aromatic heterocycles. The molecule has 3 saturated carbocycles. The maximum atomic E-state index is 11.4. The minimum Gasteiger partial charge on any atom is -0.302 e. The van der Waals surface area contributed by atoms with Crippen molar-refractivity contribution in [2.45, 2.75) is 45.3 Å². The van der Waals surface area contributed by atoms with E-state index in [0.717, 1.165) is 0 Å². The van der Waals surface area contributed by atoms with Crippen LogP contribution in [0.1, 0.15) is 25.7 Å². The van der Waals surface area contributed by atoms with Crippen LogP contribution in [0.25, 0.3) is 0 Å². The molecule has 0 amide bonds. The number of hydrogen-bond donors (Lipinski definition) is 0. The SMILES string of the molecule is C[Si](C)(C)C#CC1(C=O)C2(CC2)C12CC2. The van der Waals surface area contributed by atoms with Gasteiger partial charge in [-0.1, -0.05) is 25.6 Å². The molecule has 3 aliphatic carbocycles. The summed E-state index contributed by atoms with van der Waals surface area (Å²) < 4.78 is 0. The molecule has 0 aromatic rings. The van der Waals surface area contributed by atoms with E-state index in [4.69, 9.17) is 0 Å². The van der Waals surface area contributed by atoms with Crippen molar-refractivity contribution in [3.63, 3.8) is 0 Å². The first-order chi connectivity index (χ1) is 6.93. The van der Waals surface area contributed by atoms with Gasteiger partial charge in [0.25, 0.3) is 0 Å². The average Bonchev–Trinajstić information content (AvgIpc) is 2.99. The molecule has 0 unspecified atom stereocenters. The van der Waals surface area contributed by atoms with Crippen LogP contribution in [0, 0.1) is 27.7 Å². The van der Waals surface area contributed by atoms with Crippen molar-refractivity contribution >= 4 is 14.4 Å². The number of fused-ring (bicyclic) bond motifs is 1. The van der Waals surface area contributed by atoms with Gasteiger partial charge >= 0.3 is 0 Å². The Balaban J connectivity index is 1.96. The Morgan fingerprint density at radius 1 is 1.07 bits per heavy atom. The van der Waals surface area contributed by atoms with Crippen molar-refractivity contribution in [3.05, 3.63) is 0 Å². The summed E-state index contributed by atoms with van der Waals surface area (Å²) in [7, 11) is -1.33. The third-order valence-electron chi connectivity index (χ3n) is 4.67. The molecule has 0 N–H and O–H groups in total. The molecule has 0 heterocycles. The van der Waals surface area contributed by atoms with Crippen LogP contribution in [0.4, 0.5) is 0 Å². The molecule has 0 saturated heterocycles. The van der Waals surface area contributed by atoms with E-state index >= 15 is 0 Å². The lowest BCUT2D eigenvalue weighted by Gasteiger charge is -2.06. The van der Waals surface area contributed by atoms with Gasteiger partial charge in [0.1, 0.15) is 14.4 Å². The van der Waals surface area contributed by atoms with Crippen molar-refractivity contribution in [1.29, 1.82) is 0 Å². The first-order valence-corrected chi connectivity index (χ1v) is 9.44. The van der Waals surface area contributed by atoms with Crippen molar-refractivity contribution in [3.8, 4) is 11.5 Å². The molecule has 3 fully saturated rings. The standard InChI is InChI=1S/C13H18OSi/c1-15(2,3)9-8-13(10-14)11(4-5-11)12(13)6-7-12/h10H,4-7H2,1-3H3. The molecule has 3 rings (SSSR count). The summed E-state index contributed by atoms with van der Waals surface area (Å²) in [5.41, 5.74) is 3.97. The summed E-state index contributed by atoms with van der Waals surface area (Å²) in [6.45, 7) is 6.75. The fourth-order valence-corrected chi connectivity index (χ4v) is 4.22. The van der Waals surface area contributed by atoms with Crippen molar-refractivity contribution in [1.82, 2.24) is 0 Å². The van der Waals surface area contributed by atoms with Crippen LogP contribution in [-0.4, -0.2) is 14.4 Å². The fourth-order valence-electron chi connectivity index (χ4n) is 3.65. The van der Waals surface area contributed by atoms with E-state index in [1.807, 2.05) is 0 Å². The lowest BCUT2D eigenvalue weighted by atomic mass is 10.0. The Morgan fingerprint density at radius 2 is 1.53 bits per heavy atom. The van der Waals surface area contributed by atoms with Gasteiger partial charge in [-0.15, -0.1) is 5.54 Å². The molecule has 0 aliphatic heterocycles. The average molecular weight is 218 g/mol. The quantitative estimate of drug-likeness (QED) is 0.376. The molecule has 0 aromatic carbocycles. The molecule has 0 radical (unpaired) electrons. The summed E-state index contributed by atoms with van der Waals surface area (Å²) in [6.07, 6.45) is 6.22. The second-order valence-electron chi connectivity index (χ2n) is 6.59. The van der Waals surface area contributed by atoms with E-state index in [2.05, 4.69) is 31.1 Å². The van der Waals surface area contributed by atoms with E-state index in [9.17, 15) is 4.79 Å². The lowest BCUT2D eigenvalue weighted by Crippen LogP contribution is -2.18. The number of aldehydes is 1. The van der Waals surface area contributed by atoms with Crippen LogP contribution in [0.3, 0.4) is 0 Å². The van der Waals surface area contributed by atoms with Gasteiger partial charge in [-0.25, -0.2) is 0 Å². The molecular formula is C13H18OSi. The van der Waals surface area contributed by atoms with E-state index < -0.39 is 8.07 Å². The van der Waals surface area contributed by atoms with Crippen LogP contribution < -0.4 is 0 Å². The summed E-state index contributed by atoms with van der Waals surface area (Å²) in [5, 5.41) is 0. The fraction of sp³-hybridized carbons (Fsp3) is 0.769. The topological polar surface area (TPSA) is 17.1 Å². The second kappa shape index (κ2) is 2.25. The summed E-state index contributed by atoms with van der Waals surface area (Å²) >= 11 is 0. The van der Waals surface area contributed by atoms with Gasteiger partial charge in [0.2, 0.25) is 0 Å². The molecule has 2 spiro atoms. The van der Waals surface area contributed by atoms with Crippen LogP contribution in [0.2, 0.25) is 19.6 Å². The summed E-state index contributed by atoms with van der Waals surface area (Å²) in [6, 6.07) is 0. The number of carbonyl (C=O) groups excluding carboxylic acids is 1. The molecule has 0 atom stereocenters. The molecule has 0 bridgehead atoms. The van der Waals surface area contributed by atoms with Gasteiger partial charge in [-0.2, -0.15) is 0 Å². The molecule has 3 aliphatic rings.